The lowest BCUT2D eigenvalue weighted by Crippen LogP contribution is -2.39. The summed E-state index contributed by atoms with van der Waals surface area (Å²) in [5, 5.41) is 3.85. The van der Waals surface area contributed by atoms with E-state index in [2.05, 4.69) is 21.4 Å². The second-order valence-electron chi connectivity index (χ2n) is 6.23. The Morgan fingerprint density at radius 1 is 1.28 bits per heavy atom. The summed E-state index contributed by atoms with van der Waals surface area (Å²) in [5.41, 5.74) is 2.23. The third kappa shape index (κ3) is 3.28. The van der Waals surface area contributed by atoms with E-state index in [1.165, 1.54) is 22.2 Å². The zero-order valence-electron chi connectivity index (χ0n) is 14.2. The van der Waals surface area contributed by atoms with Gasteiger partial charge in [0, 0.05) is 23.4 Å². The van der Waals surface area contributed by atoms with Crippen LogP contribution in [0.1, 0.15) is 23.2 Å². The SMILES string of the molecule is Cc1nc(SC(C)C(=O)N2CCc3sccc3C2)c2ccccc2n1. The molecule has 3 heterocycles. The summed E-state index contributed by atoms with van der Waals surface area (Å²) >= 11 is 3.33. The van der Waals surface area contributed by atoms with E-state index in [0.717, 1.165) is 41.3 Å². The van der Waals surface area contributed by atoms with Gasteiger partial charge in [-0.15, -0.1) is 11.3 Å². The van der Waals surface area contributed by atoms with Crippen LogP contribution in [-0.2, 0) is 17.8 Å². The molecular weight excluding hydrogens is 350 g/mol. The van der Waals surface area contributed by atoms with Crippen LogP contribution in [-0.4, -0.2) is 32.6 Å². The second kappa shape index (κ2) is 6.77. The Kier molecular flexibility index (Phi) is 4.48. The molecule has 0 aliphatic carbocycles. The largest absolute Gasteiger partial charge is 0.337 e. The van der Waals surface area contributed by atoms with Crippen LogP contribution in [0.15, 0.2) is 40.7 Å². The first-order valence-electron chi connectivity index (χ1n) is 8.36. The van der Waals surface area contributed by atoms with Crippen molar-refractivity contribution in [1.82, 2.24) is 14.9 Å². The normalized spacial score (nSPS) is 15.2. The van der Waals surface area contributed by atoms with E-state index in [9.17, 15) is 4.79 Å². The highest BCUT2D eigenvalue weighted by atomic mass is 32.2. The lowest BCUT2D eigenvalue weighted by Gasteiger charge is -2.29. The minimum Gasteiger partial charge on any atom is -0.337 e. The molecule has 0 radical (unpaired) electrons. The molecule has 6 heteroatoms. The van der Waals surface area contributed by atoms with E-state index in [1.54, 1.807) is 11.3 Å². The van der Waals surface area contributed by atoms with Crippen LogP contribution in [0.3, 0.4) is 0 Å². The summed E-state index contributed by atoms with van der Waals surface area (Å²) in [4.78, 5) is 25.4. The second-order valence-corrected chi connectivity index (χ2v) is 8.56. The Balaban J connectivity index is 1.54. The van der Waals surface area contributed by atoms with Crippen molar-refractivity contribution in [1.29, 1.82) is 0 Å². The van der Waals surface area contributed by atoms with Crippen LogP contribution in [0, 0.1) is 6.92 Å². The number of fused-ring (bicyclic) bond motifs is 2. The van der Waals surface area contributed by atoms with E-state index in [0.29, 0.717) is 0 Å². The summed E-state index contributed by atoms with van der Waals surface area (Å²) in [5.74, 6) is 0.920. The highest BCUT2D eigenvalue weighted by Gasteiger charge is 2.26. The van der Waals surface area contributed by atoms with Gasteiger partial charge in [0.05, 0.1) is 10.8 Å². The molecule has 0 N–H and O–H groups in total. The number of benzene rings is 1. The highest BCUT2D eigenvalue weighted by Crippen LogP contribution is 2.31. The van der Waals surface area contributed by atoms with Crippen molar-refractivity contribution in [3.8, 4) is 0 Å². The fourth-order valence-corrected chi connectivity index (χ4v) is 5.12. The summed E-state index contributed by atoms with van der Waals surface area (Å²) in [6.45, 7) is 5.40. The van der Waals surface area contributed by atoms with Gasteiger partial charge in [-0.3, -0.25) is 4.79 Å². The fourth-order valence-electron chi connectivity index (χ4n) is 3.16. The predicted octanol–water partition coefficient (Wildman–Crippen LogP) is 4.07. The number of aromatic nitrogens is 2. The molecule has 0 saturated carbocycles. The Morgan fingerprint density at radius 2 is 2.12 bits per heavy atom. The third-order valence-electron chi connectivity index (χ3n) is 4.44. The minimum atomic E-state index is -0.169. The maximum absolute atomic E-state index is 12.9. The van der Waals surface area contributed by atoms with Gasteiger partial charge in [0.1, 0.15) is 10.9 Å². The highest BCUT2D eigenvalue weighted by molar-refractivity contribution is 8.00. The number of rotatable bonds is 3. The van der Waals surface area contributed by atoms with Crippen molar-refractivity contribution in [2.75, 3.05) is 6.54 Å². The molecule has 3 aromatic rings. The monoisotopic (exact) mass is 369 g/mol. The van der Waals surface area contributed by atoms with Crippen LogP contribution < -0.4 is 0 Å². The van der Waals surface area contributed by atoms with Crippen LogP contribution in [0.2, 0.25) is 0 Å². The van der Waals surface area contributed by atoms with Crippen LogP contribution in [0.4, 0.5) is 0 Å². The molecule has 1 aliphatic rings. The molecule has 1 amide bonds. The maximum Gasteiger partial charge on any atom is 0.236 e. The molecule has 1 aromatic carbocycles. The molecule has 128 valence electrons. The molecule has 0 fully saturated rings. The van der Waals surface area contributed by atoms with Crippen molar-refractivity contribution < 1.29 is 4.79 Å². The zero-order valence-corrected chi connectivity index (χ0v) is 15.9. The van der Waals surface area contributed by atoms with Gasteiger partial charge >= 0.3 is 0 Å². The zero-order chi connectivity index (χ0) is 17.4. The molecule has 0 bridgehead atoms. The van der Waals surface area contributed by atoms with Crippen molar-refractivity contribution in [3.05, 3.63) is 52.0 Å². The molecule has 4 nitrogen and oxygen atoms in total. The van der Waals surface area contributed by atoms with E-state index in [1.807, 2.05) is 43.0 Å². The number of nitrogens with zero attached hydrogens (tertiary/aromatic N) is 3. The van der Waals surface area contributed by atoms with E-state index >= 15 is 0 Å². The van der Waals surface area contributed by atoms with Crippen molar-refractivity contribution in [2.24, 2.45) is 0 Å². The van der Waals surface area contributed by atoms with E-state index in [4.69, 9.17) is 0 Å². The first-order valence-corrected chi connectivity index (χ1v) is 10.1. The van der Waals surface area contributed by atoms with Gasteiger partial charge in [0.25, 0.3) is 0 Å². The number of thiophene rings is 1. The quantitative estimate of drug-likeness (QED) is 0.516. The summed E-state index contributed by atoms with van der Waals surface area (Å²) in [7, 11) is 0. The molecule has 25 heavy (non-hydrogen) atoms. The summed E-state index contributed by atoms with van der Waals surface area (Å²) < 4.78 is 0. The van der Waals surface area contributed by atoms with Gasteiger partial charge in [0.2, 0.25) is 5.91 Å². The number of carbonyl (C=O) groups excluding carboxylic acids is 1. The third-order valence-corrected chi connectivity index (χ3v) is 6.55. The molecule has 1 atom stereocenters. The molecule has 0 spiro atoms. The van der Waals surface area contributed by atoms with Gasteiger partial charge in [-0.1, -0.05) is 30.0 Å². The number of thioether (sulfide) groups is 1. The topological polar surface area (TPSA) is 46.1 Å². The molecule has 1 aliphatic heterocycles. The predicted molar refractivity (Wildman–Crippen MR) is 103 cm³/mol. The standard InChI is InChI=1S/C19H19N3OS2/c1-12(19(23)22-9-7-17-14(11-22)8-10-24-17)25-18-15-5-3-4-6-16(15)20-13(2)21-18/h3-6,8,10,12H,7,9,11H2,1-2H3. The Hall–Kier alpha value is -1.92. The number of aryl methyl sites for hydroxylation is 1. The minimum absolute atomic E-state index is 0.169. The van der Waals surface area contributed by atoms with Crippen LogP contribution >= 0.6 is 23.1 Å². The Morgan fingerprint density at radius 3 is 3.00 bits per heavy atom. The molecule has 4 rings (SSSR count). The average molecular weight is 370 g/mol. The Labute approximate surface area is 155 Å². The summed E-state index contributed by atoms with van der Waals surface area (Å²) in [6.07, 6.45) is 0.964. The van der Waals surface area contributed by atoms with E-state index in [-0.39, 0.29) is 11.2 Å². The van der Waals surface area contributed by atoms with Crippen molar-refractivity contribution >= 4 is 39.9 Å². The Bertz CT molecular complexity index is 937. The number of hydrogen-bond donors (Lipinski definition) is 0. The number of amides is 1. The fraction of sp³-hybridized carbons (Fsp3) is 0.316. The average Bonchev–Trinajstić information content (AvgIpc) is 3.08. The summed E-state index contributed by atoms with van der Waals surface area (Å²) in [6, 6.07) is 10.1. The van der Waals surface area contributed by atoms with E-state index < -0.39 is 0 Å². The van der Waals surface area contributed by atoms with Gasteiger partial charge in [-0.25, -0.2) is 9.97 Å². The van der Waals surface area contributed by atoms with Gasteiger partial charge in [-0.05, 0) is 43.3 Å². The molecular formula is C19H19N3OS2. The molecule has 2 aromatic heterocycles. The number of para-hydroxylation sites is 1. The molecule has 0 saturated heterocycles. The van der Waals surface area contributed by atoms with Crippen LogP contribution in [0.25, 0.3) is 10.9 Å². The maximum atomic E-state index is 12.9. The molecule has 1 unspecified atom stereocenters. The number of hydrogen-bond acceptors (Lipinski definition) is 5. The van der Waals surface area contributed by atoms with Crippen molar-refractivity contribution in [3.63, 3.8) is 0 Å². The smallest absolute Gasteiger partial charge is 0.236 e. The van der Waals surface area contributed by atoms with Crippen molar-refractivity contribution in [2.45, 2.75) is 37.1 Å². The van der Waals surface area contributed by atoms with Gasteiger partial charge < -0.3 is 4.90 Å². The lowest BCUT2D eigenvalue weighted by molar-refractivity contribution is -0.131. The van der Waals surface area contributed by atoms with Gasteiger partial charge in [0.15, 0.2) is 0 Å². The number of carbonyl (C=O) groups is 1. The first-order chi connectivity index (χ1) is 12.1. The van der Waals surface area contributed by atoms with Crippen LogP contribution in [0.5, 0.6) is 0 Å². The first kappa shape index (κ1) is 16.5. The van der Waals surface area contributed by atoms with Gasteiger partial charge in [-0.2, -0.15) is 0 Å². The lowest BCUT2D eigenvalue weighted by atomic mass is 10.1.